The highest BCUT2D eigenvalue weighted by molar-refractivity contribution is 8.34. The smallest absolute Gasteiger partial charge is 0.0541 e. The van der Waals surface area contributed by atoms with E-state index in [-0.39, 0.29) is 0 Å². The zero-order chi connectivity index (χ0) is 29.3. The molecular weight excluding hydrogens is 551 g/mol. The highest BCUT2D eigenvalue weighted by Crippen LogP contribution is 2.73. The number of aromatic nitrogens is 1. The lowest BCUT2D eigenvalue weighted by atomic mass is 10.0. The Morgan fingerprint density at radius 2 is 0.750 bits per heavy atom. The Kier molecular flexibility index (Phi) is 6.63. The van der Waals surface area contributed by atoms with E-state index < -0.39 is 10.0 Å². The van der Waals surface area contributed by atoms with Crippen LogP contribution in [0.2, 0.25) is 0 Å². The van der Waals surface area contributed by atoms with E-state index in [1.165, 1.54) is 58.2 Å². The maximum Gasteiger partial charge on any atom is 0.0541 e. The second kappa shape index (κ2) is 11.1. The van der Waals surface area contributed by atoms with Crippen molar-refractivity contribution in [3.63, 3.8) is 0 Å². The normalized spacial score (nSPS) is 12.0. The molecule has 1 aromatic heterocycles. The number of rotatable bonds is 6. The summed E-state index contributed by atoms with van der Waals surface area (Å²) in [7, 11) is -1.80. The van der Waals surface area contributed by atoms with Crippen molar-refractivity contribution in [2.75, 3.05) is 0 Å². The topological polar surface area (TPSA) is 4.93 Å². The minimum Gasteiger partial charge on any atom is -0.309 e. The maximum absolute atomic E-state index is 2.48. The van der Waals surface area contributed by atoms with Gasteiger partial charge in [0.2, 0.25) is 0 Å². The van der Waals surface area contributed by atoms with Crippen LogP contribution >= 0.6 is 10.0 Å². The molecular formula is C42H31NS. The van der Waals surface area contributed by atoms with Crippen LogP contribution in [0.15, 0.2) is 208 Å². The van der Waals surface area contributed by atoms with Crippen LogP contribution in [-0.2, 0) is 0 Å². The average molecular weight is 582 g/mol. The third kappa shape index (κ3) is 4.26. The van der Waals surface area contributed by atoms with Crippen molar-refractivity contribution in [3.8, 4) is 16.8 Å². The third-order valence-corrected chi connectivity index (χ3v) is 12.4. The number of para-hydroxylation sites is 1. The van der Waals surface area contributed by atoms with Crippen molar-refractivity contribution in [3.05, 3.63) is 188 Å². The summed E-state index contributed by atoms with van der Waals surface area (Å²) in [6.45, 7) is 0. The van der Waals surface area contributed by atoms with Gasteiger partial charge in [-0.05, 0) is 90.0 Å². The molecule has 44 heavy (non-hydrogen) atoms. The molecule has 2 heteroatoms. The molecule has 1 nitrogen and oxygen atoms in total. The molecule has 0 N–H and O–H groups in total. The molecule has 0 unspecified atom stereocenters. The van der Waals surface area contributed by atoms with Crippen LogP contribution in [-0.4, -0.2) is 4.57 Å². The fourth-order valence-electron chi connectivity index (χ4n) is 6.55. The summed E-state index contributed by atoms with van der Waals surface area (Å²) in [5.74, 6) is 0. The fraction of sp³-hybridized carbons (Fsp3) is 0. The van der Waals surface area contributed by atoms with E-state index in [0.717, 1.165) is 0 Å². The molecule has 0 aliphatic heterocycles. The third-order valence-electron chi connectivity index (χ3n) is 8.50. The van der Waals surface area contributed by atoms with Crippen LogP contribution < -0.4 is 0 Å². The van der Waals surface area contributed by atoms with Crippen LogP contribution in [0.3, 0.4) is 0 Å². The molecule has 0 saturated heterocycles. The first-order valence-corrected chi connectivity index (χ1v) is 16.6. The first-order valence-electron chi connectivity index (χ1n) is 15.0. The summed E-state index contributed by atoms with van der Waals surface area (Å²) < 4.78 is 2.41. The number of hydrogen-bond donors (Lipinski definition) is 0. The molecule has 8 aromatic rings. The van der Waals surface area contributed by atoms with Crippen LogP contribution in [0.5, 0.6) is 0 Å². The van der Waals surface area contributed by atoms with Gasteiger partial charge in [-0.2, -0.15) is 0 Å². The Bertz CT molecular complexity index is 2090. The van der Waals surface area contributed by atoms with E-state index in [1.54, 1.807) is 0 Å². The zero-order valence-corrected chi connectivity index (χ0v) is 25.1. The molecule has 0 radical (unpaired) electrons. The number of benzene rings is 7. The van der Waals surface area contributed by atoms with Gasteiger partial charge in [0, 0.05) is 36.0 Å². The van der Waals surface area contributed by atoms with Gasteiger partial charge in [-0.3, -0.25) is 0 Å². The molecule has 0 saturated carbocycles. The molecule has 1 heterocycles. The van der Waals surface area contributed by atoms with E-state index in [1.807, 2.05) is 0 Å². The van der Waals surface area contributed by atoms with E-state index in [9.17, 15) is 0 Å². The first-order chi connectivity index (χ1) is 21.8. The number of nitrogens with zero attached hydrogens (tertiary/aromatic N) is 1. The second-order valence-electron chi connectivity index (χ2n) is 11.0. The largest absolute Gasteiger partial charge is 0.309 e. The Hall–Kier alpha value is -5.31. The van der Waals surface area contributed by atoms with Crippen LogP contribution in [0.25, 0.3) is 38.6 Å². The van der Waals surface area contributed by atoms with Crippen LogP contribution in [0, 0.1) is 0 Å². The summed E-state index contributed by atoms with van der Waals surface area (Å²) in [6.07, 6.45) is 0. The molecule has 0 spiro atoms. The maximum atomic E-state index is 2.48. The van der Waals surface area contributed by atoms with Crippen molar-refractivity contribution < 1.29 is 0 Å². The van der Waals surface area contributed by atoms with Crippen molar-refractivity contribution in [2.24, 2.45) is 0 Å². The van der Waals surface area contributed by atoms with Gasteiger partial charge in [0.1, 0.15) is 0 Å². The van der Waals surface area contributed by atoms with E-state index in [4.69, 9.17) is 0 Å². The summed E-state index contributed by atoms with van der Waals surface area (Å²) in [6, 6.07) is 68.8. The number of fused-ring (bicyclic) bond motifs is 3. The molecule has 7 aromatic carbocycles. The van der Waals surface area contributed by atoms with Crippen molar-refractivity contribution in [1.82, 2.24) is 4.57 Å². The molecule has 8 rings (SSSR count). The van der Waals surface area contributed by atoms with Gasteiger partial charge in [0.25, 0.3) is 0 Å². The first kappa shape index (κ1) is 26.3. The molecule has 210 valence electrons. The van der Waals surface area contributed by atoms with E-state index in [0.29, 0.717) is 0 Å². The lowest BCUT2D eigenvalue weighted by molar-refractivity contribution is 1.18. The van der Waals surface area contributed by atoms with Gasteiger partial charge in [-0.25, -0.2) is 0 Å². The molecule has 0 bridgehead atoms. The summed E-state index contributed by atoms with van der Waals surface area (Å²) >= 11 is 0. The van der Waals surface area contributed by atoms with Gasteiger partial charge in [-0.15, -0.1) is 10.0 Å². The molecule has 0 aliphatic carbocycles. The second-order valence-corrected chi connectivity index (χ2v) is 14.1. The van der Waals surface area contributed by atoms with Crippen molar-refractivity contribution in [2.45, 2.75) is 19.6 Å². The van der Waals surface area contributed by atoms with Gasteiger partial charge >= 0.3 is 0 Å². The van der Waals surface area contributed by atoms with Gasteiger partial charge in [-0.1, -0.05) is 109 Å². The molecule has 0 amide bonds. The monoisotopic (exact) mass is 581 g/mol. The standard InChI is InChI=1S/C42H31NS/c1-6-16-32(17-7-1)33-26-28-41-39(30-33)40-31-38(27-29-42(40)43(41)34-18-8-2-9-19-34)44(35-20-10-3-11-21-35,36-22-12-4-13-23-36)37-24-14-5-15-25-37/h1-31H. The zero-order valence-electron chi connectivity index (χ0n) is 24.3. The van der Waals surface area contributed by atoms with Crippen LogP contribution in [0.4, 0.5) is 0 Å². The minimum atomic E-state index is -1.80. The Morgan fingerprint density at radius 3 is 1.27 bits per heavy atom. The Balaban J connectivity index is 1.49. The Morgan fingerprint density at radius 1 is 0.318 bits per heavy atom. The lowest BCUT2D eigenvalue weighted by Gasteiger charge is -2.42. The van der Waals surface area contributed by atoms with Crippen LogP contribution in [0.1, 0.15) is 0 Å². The summed E-state index contributed by atoms with van der Waals surface area (Å²) in [5, 5.41) is 2.52. The molecule has 0 fully saturated rings. The molecule has 0 aliphatic rings. The number of hydrogen-bond acceptors (Lipinski definition) is 0. The van der Waals surface area contributed by atoms with Crippen molar-refractivity contribution in [1.29, 1.82) is 0 Å². The highest BCUT2D eigenvalue weighted by atomic mass is 32.3. The average Bonchev–Trinajstić information content (AvgIpc) is 3.44. The predicted molar refractivity (Wildman–Crippen MR) is 186 cm³/mol. The lowest BCUT2D eigenvalue weighted by Crippen LogP contribution is -2.05. The van der Waals surface area contributed by atoms with Gasteiger partial charge in [0.05, 0.1) is 11.0 Å². The minimum absolute atomic E-state index is 1.17. The van der Waals surface area contributed by atoms with Gasteiger partial charge < -0.3 is 4.57 Å². The summed E-state index contributed by atoms with van der Waals surface area (Å²) in [4.78, 5) is 5.31. The quantitative estimate of drug-likeness (QED) is 0.184. The van der Waals surface area contributed by atoms with E-state index in [2.05, 4.69) is 193 Å². The van der Waals surface area contributed by atoms with E-state index >= 15 is 0 Å². The molecule has 0 atom stereocenters. The van der Waals surface area contributed by atoms with Crippen molar-refractivity contribution >= 4 is 31.8 Å². The fourth-order valence-corrected chi connectivity index (χ4v) is 10.4. The summed E-state index contributed by atoms with van der Waals surface area (Å²) in [5.41, 5.74) is 6.04. The van der Waals surface area contributed by atoms with Gasteiger partial charge in [0.15, 0.2) is 0 Å². The highest BCUT2D eigenvalue weighted by Gasteiger charge is 2.33. The Labute approximate surface area is 260 Å². The predicted octanol–water partition coefficient (Wildman–Crippen LogP) is 11.8. The SMILES string of the molecule is c1ccc(-c2ccc3c(c2)c2cc(S(c4ccccc4)(c4ccccc4)c4ccccc4)ccc2n3-c2ccccc2)cc1.